The molecule has 0 aliphatic carbocycles. The molecule has 2 aromatic rings. The highest BCUT2D eigenvalue weighted by Crippen LogP contribution is 2.19. The molecule has 0 aromatic heterocycles. The standard InChI is InChI=1S/C19H18FNO4/c1-12(11-13-3-7-15(20)8-4-13)18(23)21-17(19(24)25-2)14-5-9-16(22)10-6-14/h3-11,17,22H,1-2H3,(H,21,23). The molecule has 1 unspecified atom stereocenters. The number of carbonyl (C=O) groups excluding carboxylic acids is 2. The molecule has 25 heavy (non-hydrogen) atoms. The zero-order valence-corrected chi connectivity index (χ0v) is 13.8. The first-order valence-electron chi connectivity index (χ1n) is 7.52. The zero-order valence-electron chi connectivity index (χ0n) is 13.8. The van der Waals surface area contributed by atoms with Crippen LogP contribution >= 0.6 is 0 Å². The van der Waals surface area contributed by atoms with Crippen molar-refractivity contribution in [3.05, 3.63) is 71.0 Å². The Morgan fingerprint density at radius 1 is 1.12 bits per heavy atom. The first-order chi connectivity index (χ1) is 11.9. The molecule has 0 bridgehead atoms. The van der Waals surface area contributed by atoms with Gasteiger partial charge >= 0.3 is 5.97 Å². The third kappa shape index (κ3) is 4.91. The molecule has 0 saturated carbocycles. The van der Waals surface area contributed by atoms with Crippen LogP contribution in [0.25, 0.3) is 6.08 Å². The number of halogens is 1. The van der Waals surface area contributed by atoms with E-state index in [4.69, 9.17) is 4.74 Å². The summed E-state index contributed by atoms with van der Waals surface area (Å²) in [6, 6.07) is 10.6. The minimum absolute atomic E-state index is 0.0473. The van der Waals surface area contributed by atoms with E-state index < -0.39 is 17.9 Å². The predicted molar refractivity (Wildman–Crippen MR) is 91.1 cm³/mol. The zero-order chi connectivity index (χ0) is 18.4. The van der Waals surface area contributed by atoms with E-state index in [1.807, 2.05) is 0 Å². The number of esters is 1. The second-order valence-electron chi connectivity index (χ2n) is 5.40. The molecule has 0 saturated heterocycles. The minimum Gasteiger partial charge on any atom is -0.508 e. The van der Waals surface area contributed by atoms with Crippen molar-refractivity contribution in [2.75, 3.05) is 7.11 Å². The number of phenols is 1. The van der Waals surface area contributed by atoms with E-state index in [-0.39, 0.29) is 11.6 Å². The van der Waals surface area contributed by atoms with Crippen LogP contribution in [0.5, 0.6) is 5.75 Å². The van der Waals surface area contributed by atoms with Gasteiger partial charge in [0.25, 0.3) is 0 Å². The Bertz CT molecular complexity index is 782. The van der Waals surface area contributed by atoms with Gasteiger partial charge in [0.05, 0.1) is 7.11 Å². The van der Waals surface area contributed by atoms with Crippen molar-refractivity contribution in [3.63, 3.8) is 0 Å². The number of phenolic OH excluding ortho intramolecular Hbond substituents is 1. The number of hydrogen-bond acceptors (Lipinski definition) is 4. The lowest BCUT2D eigenvalue weighted by atomic mass is 10.1. The number of amides is 1. The molecule has 2 N–H and O–H groups in total. The quantitative estimate of drug-likeness (QED) is 0.646. The van der Waals surface area contributed by atoms with Crippen LogP contribution in [0.3, 0.4) is 0 Å². The highest BCUT2D eigenvalue weighted by atomic mass is 19.1. The molecule has 5 nitrogen and oxygen atoms in total. The molecule has 0 fully saturated rings. The molecule has 130 valence electrons. The average Bonchev–Trinajstić information content (AvgIpc) is 2.61. The van der Waals surface area contributed by atoms with Crippen molar-refractivity contribution < 1.29 is 23.8 Å². The fourth-order valence-corrected chi connectivity index (χ4v) is 2.18. The first-order valence-corrected chi connectivity index (χ1v) is 7.52. The van der Waals surface area contributed by atoms with Gasteiger partial charge in [0.1, 0.15) is 11.6 Å². The van der Waals surface area contributed by atoms with Crippen molar-refractivity contribution >= 4 is 18.0 Å². The Balaban J connectivity index is 2.19. The van der Waals surface area contributed by atoms with Gasteiger partial charge < -0.3 is 15.2 Å². The molecule has 1 amide bonds. The molecule has 1 atom stereocenters. The summed E-state index contributed by atoms with van der Waals surface area (Å²) in [7, 11) is 1.23. The van der Waals surface area contributed by atoms with Crippen LogP contribution in [0, 0.1) is 5.82 Å². The van der Waals surface area contributed by atoms with Gasteiger partial charge in [-0.2, -0.15) is 0 Å². The van der Waals surface area contributed by atoms with E-state index in [0.29, 0.717) is 16.7 Å². The molecule has 2 aromatic carbocycles. The Morgan fingerprint density at radius 3 is 2.28 bits per heavy atom. The van der Waals surface area contributed by atoms with Crippen LogP contribution in [0.4, 0.5) is 4.39 Å². The van der Waals surface area contributed by atoms with Crippen LogP contribution in [0.15, 0.2) is 54.1 Å². The topological polar surface area (TPSA) is 75.6 Å². The van der Waals surface area contributed by atoms with Crippen LogP contribution in [-0.2, 0) is 14.3 Å². The summed E-state index contributed by atoms with van der Waals surface area (Å²) in [5.74, 6) is -1.41. The van der Waals surface area contributed by atoms with Crippen LogP contribution < -0.4 is 5.32 Å². The second kappa shape index (κ2) is 8.10. The highest BCUT2D eigenvalue weighted by Gasteiger charge is 2.24. The fourth-order valence-electron chi connectivity index (χ4n) is 2.18. The second-order valence-corrected chi connectivity index (χ2v) is 5.40. The molecular formula is C19H18FNO4. The Kier molecular flexibility index (Phi) is 5.89. The SMILES string of the molecule is COC(=O)C(NC(=O)C(C)=Cc1ccc(F)cc1)c1ccc(O)cc1. The van der Waals surface area contributed by atoms with Crippen molar-refractivity contribution in [2.24, 2.45) is 0 Å². The van der Waals surface area contributed by atoms with Gasteiger partial charge in [0, 0.05) is 5.57 Å². The van der Waals surface area contributed by atoms with Crippen LogP contribution in [-0.4, -0.2) is 24.1 Å². The third-order valence-corrected chi connectivity index (χ3v) is 3.55. The van der Waals surface area contributed by atoms with Gasteiger partial charge in [-0.15, -0.1) is 0 Å². The van der Waals surface area contributed by atoms with E-state index in [9.17, 15) is 19.1 Å². The van der Waals surface area contributed by atoms with E-state index >= 15 is 0 Å². The molecule has 0 heterocycles. The van der Waals surface area contributed by atoms with Crippen molar-refractivity contribution in [2.45, 2.75) is 13.0 Å². The number of hydrogen-bond donors (Lipinski definition) is 2. The molecule has 2 rings (SSSR count). The summed E-state index contributed by atoms with van der Waals surface area (Å²) >= 11 is 0. The summed E-state index contributed by atoms with van der Waals surface area (Å²) in [6.45, 7) is 1.59. The molecule has 6 heteroatoms. The lowest BCUT2D eigenvalue weighted by Gasteiger charge is -2.17. The maximum absolute atomic E-state index is 12.9. The predicted octanol–water partition coefficient (Wildman–Crippen LogP) is 2.97. The number of aromatic hydroxyl groups is 1. The van der Waals surface area contributed by atoms with Crippen molar-refractivity contribution in [1.29, 1.82) is 0 Å². The summed E-state index contributed by atoms with van der Waals surface area (Å²) < 4.78 is 17.7. The number of rotatable bonds is 5. The summed E-state index contributed by atoms with van der Waals surface area (Å²) in [6.07, 6.45) is 1.58. The molecule has 0 aliphatic rings. The van der Waals surface area contributed by atoms with Gasteiger partial charge in [-0.25, -0.2) is 9.18 Å². The molecule has 0 spiro atoms. The number of ether oxygens (including phenoxy) is 1. The number of carbonyl (C=O) groups is 2. The summed E-state index contributed by atoms with van der Waals surface area (Å²) in [5.41, 5.74) is 1.49. The largest absolute Gasteiger partial charge is 0.508 e. The number of nitrogens with one attached hydrogen (secondary N) is 1. The maximum atomic E-state index is 12.9. The monoisotopic (exact) mass is 343 g/mol. The van der Waals surface area contributed by atoms with Crippen molar-refractivity contribution in [1.82, 2.24) is 5.32 Å². The average molecular weight is 343 g/mol. The molecule has 0 radical (unpaired) electrons. The number of benzene rings is 2. The first kappa shape index (κ1) is 18.2. The third-order valence-electron chi connectivity index (χ3n) is 3.55. The smallest absolute Gasteiger partial charge is 0.333 e. The van der Waals surface area contributed by atoms with Gasteiger partial charge in [-0.05, 0) is 48.4 Å². The Morgan fingerprint density at radius 2 is 1.72 bits per heavy atom. The van der Waals surface area contributed by atoms with E-state index in [1.165, 1.54) is 43.5 Å². The van der Waals surface area contributed by atoms with Crippen LogP contribution in [0.2, 0.25) is 0 Å². The van der Waals surface area contributed by atoms with E-state index in [1.54, 1.807) is 25.1 Å². The molecule has 0 aliphatic heterocycles. The normalized spacial score (nSPS) is 12.4. The van der Waals surface area contributed by atoms with E-state index in [0.717, 1.165) is 0 Å². The van der Waals surface area contributed by atoms with Gasteiger partial charge in [-0.1, -0.05) is 24.3 Å². The summed E-state index contributed by atoms with van der Waals surface area (Å²) in [4.78, 5) is 24.4. The van der Waals surface area contributed by atoms with Crippen molar-refractivity contribution in [3.8, 4) is 5.75 Å². The van der Waals surface area contributed by atoms with Gasteiger partial charge in [0.2, 0.25) is 5.91 Å². The minimum atomic E-state index is -1.00. The number of methoxy groups -OCH3 is 1. The fraction of sp³-hybridized carbons (Fsp3) is 0.158. The Hall–Kier alpha value is -3.15. The van der Waals surface area contributed by atoms with Gasteiger partial charge in [-0.3, -0.25) is 4.79 Å². The van der Waals surface area contributed by atoms with Gasteiger partial charge in [0.15, 0.2) is 6.04 Å². The lowest BCUT2D eigenvalue weighted by Crippen LogP contribution is -2.34. The maximum Gasteiger partial charge on any atom is 0.333 e. The Labute approximate surface area is 144 Å². The summed E-state index contributed by atoms with van der Waals surface area (Å²) in [5, 5.41) is 11.9. The van der Waals surface area contributed by atoms with E-state index in [2.05, 4.69) is 5.32 Å². The lowest BCUT2D eigenvalue weighted by molar-refractivity contribution is -0.144. The molecular weight excluding hydrogens is 325 g/mol. The highest BCUT2D eigenvalue weighted by molar-refractivity contribution is 5.99. The van der Waals surface area contributed by atoms with Crippen LogP contribution in [0.1, 0.15) is 24.1 Å².